The average molecular weight is 1620 g/mol. The summed E-state index contributed by atoms with van der Waals surface area (Å²) in [5.41, 5.74) is -3.64. The number of hydrogen-bond donors (Lipinski definition) is 13. The lowest BCUT2D eigenvalue weighted by molar-refractivity contribution is -0.131. The molecule has 2 aromatic rings. The Morgan fingerprint density at radius 2 is 1.11 bits per heavy atom. The van der Waals surface area contributed by atoms with Crippen LogP contribution in [0.15, 0.2) is 37.6 Å². The Balaban J connectivity index is 0.000000540. The quantitative estimate of drug-likeness (QED) is 0.0153. The van der Waals surface area contributed by atoms with Crippen LogP contribution in [0.4, 0.5) is 0 Å². The molecule has 9 atom stereocenters. The first-order chi connectivity index (χ1) is 50.4. The number of aliphatic hydroxyl groups is 2. The standard InChI is InChI=1S/C42H64N8O26P4S2.2C12H22/c51-29-20-36(73-31(29)23-71-77(61,62)63)49-17-12-35(55)48(42(49)60)18-16-44-33(53)11-5-2-6-14-45-40(58)28(46-38(56)26-8-3-1-4-9-26)25-82-81-19-13-34(54)43-15-7-10-27-22-50(41(59)47-39(27)57)37-21-30(52)32(74-37)24-72-79(67,68)76-80(69,70)75-78(64,65)66;2*1-3-7-11(8-4-1)12-9-5-2-6-10-12/h12,17,22,26,28-32,36-37,51-52H,1-6,8-9,11,13-16,18-21,23-25H2,(H,43,54)(H,44,53)(H,45,58)(H,46,56)(H,67,68)(H,69,70)(H,47,57,59)(H2,61,62,63)(H2,64,65,66);2*11-12H,1-10H2. The van der Waals surface area contributed by atoms with E-state index in [0.717, 1.165) is 68.9 Å². The van der Waals surface area contributed by atoms with Gasteiger partial charge in [0.2, 0.25) is 23.6 Å². The number of amides is 4. The summed E-state index contributed by atoms with van der Waals surface area (Å²) in [4.78, 5) is 159. The molecule has 0 aromatic carbocycles. The minimum atomic E-state index is -5.82. The second kappa shape index (κ2) is 44.8. The summed E-state index contributed by atoms with van der Waals surface area (Å²) in [6.45, 7) is -1.90. The predicted molar refractivity (Wildman–Crippen MR) is 392 cm³/mol. The number of phosphoric ester groups is 2. The molecule has 40 heteroatoms. The molecular weight excluding hydrogens is 1510 g/mol. The van der Waals surface area contributed by atoms with E-state index < -0.39 is 122 Å². The van der Waals surface area contributed by atoms with Gasteiger partial charge in [-0.2, -0.15) is 8.62 Å². The molecular formula is C66H108N8O26P4S2. The Morgan fingerprint density at radius 3 is 1.65 bits per heavy atom. The molecule has 106 heavy (non-hydrogen) atoms. The molecule has 4 heterocycles. The molecule has 5 aliphatic carbocycles. The van der Waals surface area contributed by atoms with E-state index in [2.05, 4.69) is 50.8 Å². The van der Waals surface area contributed by atoms with E-state index in [1.165, 1.54) is 105 Å². The van der Waals surface area contributed by atoms with Crippen LogP contribution in [0.5, 0.6) is 0 Å². The highest BCUT2D eigenvalue weighted by molar-refractivity contribution is 8.76. The third-order valence-electron chi connectivity index (χ3n) is 20.2. The number of unbranched alkanes of at least 4 members (excludes halogenated alkanes) is 2. The predicted octanol–water partition coefficient (Wildman–Crippen LogP) is 6.70. The number of aromatic nitrogens is 4. The number of nitrogens with zero attached hydrogens (tertiary/aromatic N) is 3. The number of rotatable bonds is 33. The Morgan fingerprint density at radius 1 is 0.594 bits per heavy atom. The van der Waals surface area contributed by atoms with Crippen molar-refractivity contribution >= 4 is 76.5 Å². The Hall–Kier alpha value is -4.14. The van der Waals surface area contributed by atoms with E-state index in [1.807, 2.05) is 4.98 Å². The zero-order valence-corrected chi connectivity index (χ0v) is 65.0. The van der Waals surface area contributed by atoms with E-state index in [0.29, 0.717) is 37.9 Å². The average Bonchev–Trinajstić information content (AvgIpc) is 1.63. The Kier molecular flexibility index (Phi) is 37.6. The van der Waals surface area contributed by atoms with E-state index in [4.69, 9.17) is 29.0 Å². The van der Waals surface area contributed by atoms with E-state index >= 15 is 0 Å². The van der Waals surface area contributed by atoms with Gasteiger partial charge in [0.25, 0.3) is 11.1 Å². The van der Waals surface area contributed by atoms with Gasteiger partial charge in [-0.3, -0.25) is 56.5 Å². The fourth-order valence-electron chi connectivity index (χ4n) is 14.7. The zero-order valence-electron chi connectivity index (χ0n) is 59.8. The summed E-state index contributed by atoms with van der Waals surface area (Å²) in [5, 5.41) is 31.6. The van der Waals surface area contributed by atoms with Crippen LogP contribution in [0, 0.1) is 41.4 Å². The number of phosphoric acid groups is 4. The van der Waals surface area contributed by atoms with Crippen molar-refractivity contribution in [2.75, 3.05) is 44.4 Å². The fraction of sp³-hybridized carbons (Fsp3) is 0.788. The molecule has 4 amide bonds. The Labute approximate surface area is 624 Å². The maximum absolute atomic E-state index is 13.4. The SMILES string of the molecule is C1CCC(C2CCCCC2)CC1.C1CCC(C2CCCCC2)CC1.O=C(CCSSCC(NC(=O)C1CCCCC1)C(=O)NCCCCCC(=O)NCCn1c(=O)ccn(C2CC(O)C(COP(=O)(O)O)O2)c1=O)NCC#Cc1cn(C2CC(O)C(COP(=O)(O)OP(=O)(O)OP(=O)(O)O)O2)c(=O)[nH]c1=O. The second-order valence-electron chi connectivity index (χ2n) is 28.1. The third kappa shape index (κ3) is 31.9. The van der Waals surface area contributed by atoms with Gasteiger partial charge in [0.05, 0.1) is 32.0 Å². The molecule has 7 aliphatic rings. The zero-order chi connectivity index (χ0) is 76.9. The lowest BCUT2D eigenvalue weighted by atomic mass is 9.73. The Bertz CT molecular complexity index is 3580. The smallest absolute Gasteiger partial charge is 0.390 e. The van der Waals surface area contributed by atoms with E-state index in [-0.39, 0.29) is 80.9 Å². The van der Waals surface area contributed by atoms with Crippen LogP contribution >= 0.6 is 52.9 Å². The first-order valence-corrected chi connectivity index (χ1v) is 45.6. The molecule has 2 saturated heterocycles. The van der Waals surface area contributed by atoms with Crippen LogP contribution in [-0.4, -0.2) is 157 Å². The highest BCUT2D eigenvalue weighted by Gasteiger charge is 2.44. The highest BCUT2D eigenvalue weighted by atomic mass is 33.1. The van der Waals surface area contributed by atoms with Gasteiger partial charge in [0, 0.05) is 81.2 Å². The number of nitrogens with one attached hydrogen (secondary N) is 5. The van der Waals surface area contributed by atoms with Crippen molar-refractivity contribution < 1.29 is 104 Å². The number of aromatic amines is 1. The molecule has 0 radical (unpaired) electrons. The second-order valence-corrected chi connectivity index (χ2v) is 36.4. The van der Waals surface area contributed by atoms with Gasteiger partial charge >= 0.3 is 42.7 Å². The summed E-state index contributed by atoms with van der Waals surface area (Å²) in [7, 11) is -19.3. The molecule has 34 nitrogen and oxygen atoms in total. The van der Waals surface area contributed by atoms with Crippen molar-refractivity contribution in [3.05, 3.63) is 65.7 Å². The van der Waals surface area contributed by atoms with Crippen molar-refractivity contribution in [2.45, 2.75) is 255 Å². The first kappa shape index (κ1) is 89.1. The molecule has 2 aromatic heterocycles. The van der Waals surface area contributed by atoms with Crippen LogP contribution in [0.3, 0.4) is 0 Å². The van der Waals surface area contributed by atoms with Crippen LogP contribution < -0.4 is 43.8 Å². The van der Waals surface area contributed by atoms with Crippen molar-refractivity contribution in [1.29, 1.82) is 0 Å². The summed E-state index contributed by atoms with van der Waals surface area (Å²) in [6, 6.07) is 0.206. The number of hydrogen-bond acceptors (Lipinski definition) is 22. The molecule has 9 rings (SSSR count). The molecule has 7 fully saturated rings. The van der Waals surface area contributed by atoms with E-state index in [1.54, 1.807) is 51.4 Å². The summed E-state index contributed by atoms with van der Waals surface area (Å²) in [6.07, 6.45) is 30.6. The van der Waals surface area contributed by atoms with Gasteiger partial charge in [-0.05, 0) is 49.4 Å². The molecule has 5 saturated carbocycles. The molecule has 9 unspecified atom stereocenters. The van der Waals surface area contributed by atoms with Crippen molar-refractivity contribution in [3.63, 3.8) is 0 Å². The number of aliphatic hydroxyl groups excluding tert-OH is 2. The number of carbonyl (C=O) groups excluding carboxylic acids is 4. The number of H-pyrrole nitrogens is 1. The first-order valence-electron chi connectivity index (χ1n) is 37.1. The van der Waals surface area contributed by atoms with Gasteiger partial charge < -0.3 is 70.3 Å². The summed E-state index contributed by atoms with van der Waals surface area (Å²) in [5.74, 6) is 8.47. The normalized spacial score (nSPS) is 23.8. The summed E-state index contributed by atoms with van der Waals surface area (Å²) >= 11 is 0. The van der Waals surface area contributed by atoms with Crippen LogP contribution in [-0.2, 0) is 71.1 Å². The van der Waals surface area contributed by atoms with Gasteiger partial charge in [-0.15, -0.1) is 0 Å². The number of ether oxygens (including phenoxy) is 2. The van der Waals surface area contributed by atoms with Crippen molar-refractivity contribution in [3.8, 4) is 11.8 Å². The molecule has 13 N–H and O–H groups in total. The van der Waals surface area contributed by atoms with Crippen molar-refractivity contribution in [2.24, 2.45) is 29.6 Å². The van der Waals surface area contributed by atoms with Gasteiger partial charge in [-0.1, -0.05) is 188 Å². The largest absolute Gasteiger partial charge is 0.490 e. The number of carbonyl (C=O) groups is 4. The van der Waals surface area contributed by atoms with Gasteiger partial charge in [0.15, 0.2) is 0 Å². The molecule has 0 spiro atoms. The molecule has 0 bridgehead atoms. The van der Waals surface area contributed by atoms with Crippen LogP contribution in [0.1, 0.15) is 223 Å². The monoisotopic (exact) mass is 1620 g/mol. The summed E-state index contributed by atoms with van der Waals surface area (Å²) < 4.78 is 75.5. The van der Waals surface area contributed by atoms with Gasteiger partial charge in [-0.25, -0.2) is 27.8 Å². The van der Waals surface area contributed by atoms with Crippen LogP contribution in [0.2, 0.25) is 0 Å². The topological polar surface area (TPSA) is 501 Å². The maximum Gasteiger partial charge on any atom is 0.490 e. The molecule has 2 aliphatic heterocycles. The maximum atomic E-state index is 13.4. The third-order valence-corrected chi connectivity index (χ3v) is 26.9. The minimum Gasteiger partial charge on any atom is -0.390 e. The van der Waals surface area contributed by atoms with Gasteiger partial charge in [0.1, 0.15) is 36.3 Å². The fourth-order valence-corrected chi connectivity index (χ4v) is 20.2. The lowest BCUT2D eigenvalue weighted by Gasteiger charge is -2.32. The minimum absolute atomic E-state index is 0.0154. The lowest BCUT2D eigenvalue weighted by Crippen LogP contribution is -2.50. The molecule has 600 valence electrons. The van der Waals surface area contributed by atoms with Crippen LogP contribution in [0.25, 0.3) is 0 Å². The van der Waals surface area contributed by atoms with E-state index in [9.17, 15) is 76.6 Å². The van der Waals surface area contributed by atoms with Crippen molar-refractivity contribution in [1.82, 2.24) is 40.0 Å². The highest BCUT2D eigenvalue weighted by Crippen LogP contribution is 2.66.